The molecule has 0 saturated carbocycles. The van der Waals surface area contributed by atoms with E-state index in [1.165, 1.54) is 0 Å². The maximum atomic E-state index is 13.0. The highest BCUT2D eigenvalue weighted by atomic mass is 16.5. The van der Waals surface area contributed by atoms with E-state index in [4.69, 9.17) is 9.15 Å². The van der Waals surface area contributed by atoms with E-state index >= 15 is 0 Å². The molecule has 0 spiro atoms. The Balaban J connectivity index is 1.62. The summed E-state index contributed by atoms with van der Waals surface area (Å²) in [6, 6.07) is 14.3. The second-order valence-electron chi connectivity index (χ2n) is 8.15. The topological polar surface area (TPSA) is 76.8 Å². The third-order valence-electron chi connectivity index (χ3n) is 6.15. The molecule has 6 heteroatoms. The summed E-state index contributed by atoms with van der Waals surface area (Å²) in [7, 11) is 0. The minimum absolute atomic E-state index is 0.135. The second-order valence-corrected chi connectivity index (χ2v) is 8.15. The molecular formula is C26H27NO5. The first-order valence-electron chi connectivity index (χ1n) is 11.1. The summed E-state index contributed by atoms with van der Waals surface area (Å²) in [5.74, 6) is -0.453. The Hall–Kier alpha value is -3.41. The SMILES string of the molecule is CC[C@@H]1CCCCN1C(=O)COC(=O)c1cccc2c(=O)c(C)c(-c3ccccc3)oc12. The quantitative estimate of drug-likeness (QED) is 0.545. The van der Waals surface area contributed by atoms with E-state index in [0.29, 0.717) is 23.3 Å². The maximum absolute atomic E-state index is 13.0. The number of rotatable bonds is 5. The molecule has 1 fully saturated rings. The van der Waals surface area contributed by atoms with Gasteiger partial charge in [-0.25, -0.2) is 4.79 Å². The van der Waals surface area contributed by atoms with Crippen LogP contribution in [-0.2, 0) is 9.53 Å². The van der Waals surface area contributed by atoms with Crippen molar-refractivity contribution in [2.45, 2.75) is 45.6 Å². The number of hydrogen-bond donors (Lipinski definition) is 0. The Morgan fingerprint density at radius 2 is 1.88 bits per heavy atom. The Kier molecular flexibility index (Phi) is 6.40. The Morgan fingerprint density at radius 1 is 1.09 bits per heavy atom. The molecule has 4 rings (SSSR count). The number of para-hydroxylation sites is 1. The monoisotopic (exact) mass is 433 g/mol. The van der Waals surface area contributed by atoms with Crippen LogP contribution >= 0.6 is 0 Å². The predicted molar refractivity (Wildman–Crippen MR) is 123 cm³/mol. The summed E-state index contributed by atoms with van der Waals surface area (Å²) >= 11 is 0. The first kappa shape index (κ1) is 21.8. The van der Waals surface area contributed by atoms with Gasteiger partial charge in [0.1, 0.15) is 11.3 Å². The number of amides is 1. The molecule has 1 aliphatic rings. The highest BCUT2D eigenvalue weighted by Gasteiger charge is 2.27. The number of piperidine rings is 1. The first-order valence-corrected chi connectivity index (χ1v) is 11.1. The van der Waals surface area contributed by atoms with Crippen LogP contribution in [0.4, 0.5) is 0 Å². The predicted octanol–water partition coefficient (Wildman–Crippen LogP) is 4.72. The molecule has 32 heavy (non-hydrogen) atoms. The van der Waals surface area contributed by atoms with Crippen LogP contribution in [0, 0.1) is 6.92 Å². The van der Waals surface area contributed by atoms with Crippen molar-refractivity contribution in [3.8, 4) is 11.3 Å². The molecule has 1 aromatic heterocycles. The lowest BCUT2D eigenvalue weighted by Gasteiger charge is -2.35. The van der Waals surface area contributed by atoms with Crippen LogP contribution in [-0.4, -0.2) is 36.0 Å². The lowest BCUT2D eigenvalue weighted by atomic mass is 10.00. The lowest BCUT2D eigenvalue weighted by Crippen LogP contribution is -2.45. The zero-order valence-corrected chi connectivity index (χ0v) is 18.4. The van der Waals surface area contributed by atoms with Gasteiger partial charge in [-0.2, -0.15) is 0 Å². The molecule has 0 unspecified atom stereocenters. The minimum Gasteiger partial charge on any atom is -0.455 e. The van der Waals surface area contributed by atoms with Crippen molar-refractivity contribution < 1.29 is 18.7 Å². The molecule has 2 aromatic carbocycles. The van der Waals surface area contributed by atoms with Gasteiger partial charge in [-0.1, -0.05) is 43.3 Å². The maximum Gasteiger partial charge on any atom is 0.342 e. The van der Waals surface area contributed by atoms with Gasteiger partial charge in [0.05, 0.1) is 5.39 Å². The van der Waals surface area contributed by atoms with Crippen LogP contribution < -0.4 is 5.43 Å². The Bertz CT molecular complexity index is 1200. The Morgan fingerprint density at radius 3 is 2.62 bits per heavy atom. The smallest absolute Gasteiger partial charge is 0.342 e. The molecule has 1 atom stereocenters. The van der Waals surface area contributed by atoms with Gasteiger partial charge in [0, 0.05) is 23.7 Å². The standard InChI is InChI=1S/C26H27NO5/c1-3-19-12-7-8-15-27(19)22(28)16-31-26(30)21-14-9-13-20-23(29)17(2)24(32-25(20)21)18-10-5-4-6-11-18/h4-6,9-11,13-14,19H,3,7-8,12,15-16H2,1-2H3/t19-/m1/s1. The number of esters is 1. The van der Waals surface area contributed by atoms with Crippen molar-refractivity contribution in [3.63, 3.8) is 0 Å². The van der Waals surface area contributed by atoms with Crippen LogP contribution in [0.15, 0.2) is 57.7 Å². The summed E-state index contributed by atoms with van der Waals surface area (Å²) in [4.78, 5) is 40.3. The number of carbonyl (C=O) groups excluding carboxylic acids is 2. The van der Waals surface area contributed by atoms with E-state index in [9.17, 15) is 14.4 Å². The molecule has 0 N–H and O–H groups in total. The lowest BCUT2D eigenvalue weighted by molar-refractivity contribution is -0.138. The van der Waals surface area contributed by atoms with Gasteiger partial charge in [-0.05, 0) is 44.7 Å². The molecule has 2 heterocycles. The third kappa shape index (κ3) is 4.17. The van der Waals surface area contributed by atoms with Crippen LogP contribution in [0.25, 0.3) is 22.3 Å². The second kappa shape index (κ2) is 9.39. The summed E-state index contributed by atoms with van der Waals surface area (Å²) in [5.41, 5.74) is 1.33. The van der Waals surface area contributed by atoms with Crippen molar-refractivity contribution in [3.05, 3.63) is 69.9 Å². The number of ether oxygens (including phenoxy) is 1. The zero-order valence-electron chi connectivity index (χ0n) is 18.4. The zero-order chi connectivity index (χ0) is 22.7. The van der Waals surface area contributed by atoms with Crippen molar-refractivity contribution >= 4 is 22.8 Å². The molecule has 1 saturated heterocycles. The van der Waals surface area contributed by atoms with Crippen molar-refractivity contribution in [1.82, 2.24) is 4.90 Å². The van der Waals surface area contributed by atoms with Gasteiger partial charge in [0.2, 0.25) is 0 Å². The highest BCUT2D eigenvalue weighted by molar-refractivity contribution is 6.02. The largest absolute Gasteiger partial charge is 0.455 e. The average molecular weight is 434 g/mol. The molecule has 0 radical (unpaired) electrons. The van der Waals surface area contributed by atoms with E-state index < -0.39 is 5.97 Å². The molecule has 3 aromatic rings. The van der Waals surface area contributed by atoms with Crippen LogP contribution in [0.3, 0.4) is 0 Å². The number of nitrogens with zero attached hydrogens (tertiary/aromatic N) is 1. The van der Waals surface area contributed by atoms with Gasteiger partial charge in [-0.15, -0.1) is 0 Å². The highest BCUT2D eigenvalue weighted by Crippen LogP contribution is 2.27. The number of fused-ring (bicyclic) bond motifs is 1. The molecule has 1 aliphatic heterocycles. The van der Waals surface area contributed by atoms with E-state index in [2.05, 4.69) is 6.92 Å². The third-order valence-corrected chi connectivity index (χ3v) is 6.15. The number of hydrogen-bond acceptors (Lipinski definition) is 5. The number of likely N-dealkylation sites (tertiary alicyclic amines) is 1. The van der Waals surface area contributed by atoms with E-state index in [0.717, 1.165) is 31.2 Å². The Labute approximate surface area is 186 Å². The minimum atomic E-state index is -0.681. The molecule has 6 nitrogen and oxygen atoms in total. The van der Waals surface area contributed by atoms with Gasteiger partial charge in [-0.3, -0.25) is 9.59 Å². The summed E-state index contributed by atoms with van der Waals surface area (Å²) in [6.07, 6.45) is 3.94. The van der Waals surface area contributed by atoms with Gasteiger partial charge < -0.3 is 14.1 Å². The molecule has 0 bridgehead atoms. The van der Waals surface area contributed by atoms with Gasteiger partial charge >= 0.3 is 5.97 Å². The molecule has 166 valence electrons. The van der Waals surface area contributed by atoms with Gasteiger partial charge in [0.25, 0.3) is 5.91 Å². The molecular weight excluding hydrogens is 406 g/mol. The summed E-state index contributed by atoms with van der Waals surface area (Å²) in [5, 5.41) is 0.310. The van der Waals surface area contributed by atoms with E-state index in [1.807, 2.05) is 35.2 Å². The van der Waals surface area contributed by atoms with Crippen molar-refractivity contribution in [2.75, 3.05) is 13.2 Å². The summed E-state index contributed by atoms with van der Waals surface area (Å²) < 4.78 is 11.4. The van der Waals surface area contributed by atoms with Crippen molar-refractivity contribution in [1.29, 1.82) is 0 Å². The van der Waals surface area contributed by atoms with Gasteiger partial charge in [0.15, 0.2) is 17.6 Å². The van der Waals surface area contributed by atoms with Crippen molar-refractivity contribution in [2.24, 2.45) is 0 Å². The van der Waals surface area contributed by atoms with Crippen LogP contribution in [0.5, 0.6) is 0 Å². The van der Waals surface area contributed by atoms with Crippen LogP contribution in [0.2, 0.25) is 0 Å². The molecule has 0 aliphatic carbocycles. The van der Waals surface area contributed by atoms with E-state index in [-0.39, 0.29) is 35.1 Å². The van der Waals surface area contributed by atoms with E-state index in [1.54, 1.807) is 25.1 Å². The first-order chi connectivity index (χ1) is 15.5. The number of carbonyl (C=O) groups is 2. The fourth-order valence-corrected chi connectivity index (χ4v) is 4.38. The average Bonchev–Trinajstić information content (AvgIpc) is 2.84. The van der Waals surface area contributed by atoms with Crippen LogP contribution in [0.1, 0.15) is 48.5 Å². The fourth-order valence-electron chi connectivity index (χ4n) is 4.38. The summed E-state index contributed by atoms with van der Waals surface area (Å²) in [6.45, 7) is 4.14. The fraction of sp³-hybridized carbons (Fsp3) is 0.346. The normalized spacial score (nSPS) is 16.2. The molecule has 1 amide bonds. The number of benzene rings is 2.